The van der Waals surface area contributed by atoms with Crippen molar-refractivity contribution in [1.29, 1.82) is 0 Å². The number of hydrogen-bond donors (Lipinski definition) is 3. The van der Waals surface area contributed by atoms with Crippen LogP contribution in [0.15, 0.2) is 29.2 Å². The van der Waals surface area contributed by atoms with Gasteiger partial charge in [0.2, 0.25) is 0 Å². The van der Waals surface area contributed by atoms with Crippen LogP contribution in [0.3, 0.4) is 0 Å². The van der Waals surface area contributed by atoms with Crippen LogP contribution in [0.25, 0.3) is 0 Å². The number of aliphatic carboxylic acids is 2. The van der Waals surface area contributed by atoms with E-state index in [1.54, 1.807) is 12.1 Å². The smallest absolute Gasteiger partial charge is 1.00 e. The zero-order valence-electron chi connectivity index (χ0n) is 15.5. The number of benzene rings is 1. The molecular weight excluding hydrogens is 551 g/mol. The molecular formula is C11H18Ba2O7S. The van der Waals surface area contributed by atoms with Crippen LogP contribution in [-0.2, 0) is 19.7 Å². The Bertz CT molecular complexity index is 542. The third kappa shape index (κ3) is 15.9. The van der Waals surface area contributed by atoms with Crippen molar-refractivity contribution in [2.75, 3.05) is 0 Å². The number of hydrogen-bond acceptors (Lipinski definition) is 4. The molecule has 0 bridgehead atoms. The van der Waals surface area contributed by atoms with E-state index in [0.717, 1.165) is 5.56 Å². The number of carboxylic acid groups (broad SMARTS) is 2. The van der Waals surface area contributed by atoms with Crippen LogP contribution < -0.4 is 0 Å². The van der Waals surface area contributed by atoms with Gasteiger partial charge >= 0.3 is 110 Å². The molecule has 7 nitrogen and oxygen atoms in total. The van der Waals surface area contributed by atoms with E-state index in [9.17, 15) is 18.0 Å². The van der Waals surface area contributed by atoms with Gasteiger partial charge in [-0.05, 0) is 19.1 Å². The van der Waals surface area contributed by atoms with Gasteiger partial charge in [0.25, 0.3) is 10.1 Å². The van der Waals surface area contributed by atoms with Gasteiger partial charge in [-0.25, -0.2) is 0 Å². The number of aryl methyl sites for hydroxylation is 1. The average molecular weight is 569 g/mol. The molecule has 0 atom stereocenters. The molecule has 0 radical (unpaired) electrons. The van der Waals surface area contributed by atoms with Gasteiger partial charge in [0.1, 0.15) is 0 Å². The molecule has 0 fully saturated rings. The summed E-state index contributed by atoms with van der Waals surface area (Å²) in [4.78, 5) is 19.2. The standard InChI is InChI=1S/C7H8O3S.C4H6O4.2Ba.4H/c1-6-2-4-7(5-3-6)11(8,9)10;5-3(6)1-2-4(7)8;;;;;;/h2-5H,1H3,(H,8,9,10);1-2H2,(H,5,6)(H,7,8);;;;;;/q;;2*+2;4*-1. The minimum Gasteiger partial charge on any atom is -1.00 e. The third-order valence-electron chi connectivity index (χ3n) is 1.87. The summed E-state index contributed by atoms with van der Waals surface area (Å²) in [6.45, 7) is 1.84. The second-order valence-corrected chi connectivity index (χ2v) is 5.00. The van der Waals surface area contributed by atoms with Crippen LogP contribution >= 0.6 is 0 Å². The van der Waals surface area contributed by atoms with Crippen molar-refractivity contribution in [2.24, 2.45) is 0 Å². The van der Waals surface area contributed by atoms with Crippen molar-refractivity contribution >= 4 is 120 Å². The summed E-state index contributed by atoms with van der Waals surface area (Å²) < 4.78 is 29.6. The quantitative estimate of drug-likeness (QED) is 0.363. The van der Waals surface area contributed by atoms with E-state index in [-0.39, 0.29) is 121 Å². The van der Waals surface area contributed by atoms with Crippen LogP contribution in [0.4, 0.5) is 0 Å². The molecule has 21 heavy (non-hydrogen) atoms. The Morgan fingerprint density at radius 1 is 1.00 bits per heavy atom. The molecule has 0 aliphatic carbocycles. The van der Waals surface area contributed by atoms with Crippen LogP contribution in [-0.4, -0.2) is 133 Å². The summed E-state index contributed by atoms with van der Waals surface area (Å²) in [5.41, 5.74) is 0.956. The molecule has 0 saturated heterocycles. The predicted octanol–water partition coefficient (Wildman–Crippen LogP) is 0.866. The number of carbonyl (C=O) groups is 2. The van der Waals surface area contributed by atoms with Crippen LogP contribution in [0, 0.1) is 6.92 Å². The van der Waals surface area contributed by atoms with E-state index in [1.165, 1.54) is 12.1 Å². The molecule has 1 rings (SSSR count). The molecule has 0 aromatic heterocycles. The fourth-order valence-electron chi connectivity index (χ4n) is 0.924. The van der Waals surface area contributed by atoms with Gasteiger partial charge in [-0.3, -0.25) is 14.1 Å². The van der Waals surface area contributed by atoms with Crippen molar-refractivity contribution in [1.82, 2.24) is 0 Å². The Balaban J connectivity index is -0.0000000431. The van der Waals surface area contributed by atoms with Crippen LogP contribution in [0.1, 0.15) is 24.1 Å². The first-order valence-corrected chi connectivity index (χ1v) is 6.54. The maximum absolute atomic E-state index is 10.5. The average Bonchev–Trinajstić information content (AvgIpc) is 2.26. The molecule has 114 valence electrons. The first kappa shape index (κ1) is 27.1. The largest absolute Gasteiger partial charge is 2.00 e. The predicted molar refractivity (Wildman–Crippen MR) is 81.5 cm³/mol. The monoisotopic (exact) mass is 570 g/mol. The van der Waals surface area contributed by atoms with Crippen molar-refractivity contribution in [3.05, 3.63) is 29.8 Å². The molecule has 0 aliphatic heterocycles. The Morgan fingerprint density at radius 2 is 1.33 bits per heavy atom. The summed E-state index contributed by atoms with van der Waals surface area (Å²) >= 11 is 0. The zero-order valence-corrected chi connectivity index (χ0v) is 21.2. The van der Waals surface area contributed by atoms with Gasteiger partial charge in [0, 0.05) is 0 Å². The van der Waals surface area contributed by atoms with Gasteiger partial charge in [0.05, 0.1) is 17.7 Å². The molecule has 3 N–H and O–H groups in total. The number of rotatable bonds is 4. The summed E-state index contributed by atoms with van der Waals surface area (Å²) in [6.07, 6.45) is -0.593. The van der Waals surface area contributed by atoms with Crippen molar-refractivity contribution in [3.8, 4) is 0 Å². The molecule has 0 heterocycles. The van der Waals surface area contributed by atoms with E-state index in [1.807, 2.05) is 6.92 Å². The van der Waals surface area contributed by atoms with E-state index >= 15 is 0 Å². The van der Waals surface area contributed by atoms with Gasteiger partial charge in [-0.2, -0.15) is 8.42 Å². The number of carboxylic acids is 2. The van der Waals surface area contributed by atoms with Crippen LogP contribution in [0.2, 0.25) is 0 Å². The van der Waals surface area contributed by atoms with Gasteiger partial charge in [-0.15, -0.1) is 0 Å². The van der Waals surface area contributed by atoms with Gasteiger partial charge < -0.3 is 15.9 Å². The maximum atomic E-state index is 10.5. The molecule has 0 saturated carbocycles. The second-order valence-electron chi connectivity index (χ2n) is 3.58. The SMILES string of the molecule is Cc1ccc(S(=O)(=O)O)cc1.O=C(O)CCC(=O)O.[Ba+2].[Ba+2].[H-].[H-].[H-].[H-]. The van der Waals surface area contributed by atoms with E-state index < -0.39 is 22.1 Å². The molecule has 0 amide bonds. The van der Waals surface area contributed by atoms with E-state index in [2.05, 4.69) is 0 Å². The molecule has 10 heteroatoms. The summed E-state index contributed by atoms with van der Waals surface area (Å²) in [5.74, 6) is -2.15. The molecule has 0 spiro atoms. The van der Waals surface area contributed by atoms with Crippen molar-refractivity contribution < 1.29 is 38.5 Å². The summed E-state index contributed by atoms with van der Waals surface area (Å²) in [5, 5.41) is 15.8. The maximum Gasteiger partial charge on any atom is 2.00 e. The summed E-state index contributed by atoms with van der Waals surface area (Å²) in [6, 6.07) is 5.99. The van der Waals surface area contributed by atoms with E-state index in [0.29, 0.717) is 0 Å². The van der Waals surface area contributed by atoms with Gasteiger partial charge in [-0.1, -0.05) is 17.7 Å². The third-order valence-corrected chi connectivity index (χ3v) is 2.74. The summed E-state index contributed by atoms with van der Waals surface area (Å²) in [7, 11) is -4.02. The van der Waals surface area contributed by atoms with E-state index in [4.69, 9.17) is 14.8 Å². The Morgan fingerprint density at radius 3 is 1.57 bits per heavy atom. The Hall–Kier alpha value is 1.21. The van der Waals surface area contributed by atoms with Crippen molar-refractivity contribution in [2.45, 2.75) is 24.7 Å². The fourth-order valence-corrected chi connectivity index (χ4v) is 1.40. The molecule has 0 aliphatic rings. The first-order valence-electron chi connectivity index (χ1n) is 5.10. The first-order chi connectivity index (χ1) is 8.62. The second kappa shape index (κ2) is 13.6. The Labute approximate surface area is 209 Å². The molecule has 0 unspecified atom stereocenters. The minimum atomic E-state index is -4.02. The minimum absolute atomic E-state index is 0. The van der Waals surface area contributed by atoms with Crippen LogP contribution in [0.5, 0.6) is 0 Å². The molecule has 1 aromatic carbocycles. The zero-order chi connectivity index (χ0) is 15.1. The van der Waals surface area contributed by atoms with Crippen molar-refractivity contribution in [3.63, 3.8) is 0 Å². The van der Waals surface area contributed by atoms with Gasteiger partial charge in [0.15, 0.2) is 0 Å². The molecule has 1 aromatic rings. The Kier molecular flexibility index (Phi) is 17.6. The normalized spacial score (nSPS) is 9.24. The fraction of sp³-hybridized carbons (Fsp3) is 0.273. The topological polar surface area (TPSA) is 129 Å².